The summed E-state index contributed by atoms with van der Waals surface area (Å²) < 4.78 is 35.1. The predicted octanol–water partition coefficient (Wildman–Crippen LogP) is 7.85. The summed E-state index contributed by atoms with van der Waals surface area (Å²) in [6.45, 7) is 1.11. The molecule has 0 spiro atoms. The lowest BCUT2D eigenvalue weighted by Crippen LogP contribution is -2.53. The largest absolute Gasteiger partial charge is 0.457 e. The molecule has 0 radical (unpaired) electrons. The molecule has 2 amide bonds. The third kappa shape index (κ3) is 8.86. The molecule has 0 aliphatic heterocycles. The highest BCUT2D eigenvalue weighted by Gasteiger charge is 2.33. The van der Waals surface area contributed by atoms with Crippen molar-refractivity contribution in [1.82, 2.24) is 10.2 Å². The average molecular weight is 695 g/mol. The quantitative estimate of drug-likeness (QED) is 0.163. The number of amides is 2. The van der Waals surface area contributed by atoms with Gasteiger partial charge in [-0.1, -0.05) is 84.9 Å². The first-order valence-corrected chi connectivity index (χ1v) is 17.8. The van der Waals surface area contributed by atoms with Gasteiger partial charge in [0, 0.05) is 12.6 Å². The highest BCUT2D eigenvalue weighted by atomic mass is 35.5. The number of carbonyl (C=O) groups excluding carboxylic acids is 2. The standard InChI is InChI=1S/C36H37Cl2N3O5S/c1-26(36(43)39-28-11-5-2-6-12-28)40(24-27-17-22-33(37)34(38)23-27)35(42)25-41(47(44,45)32-15-9-4-10-16-32)29-18-20-31(21-19-29)46-30-13-7-3-8-14-30/h3-4,7-10,13-23,26,28H,2,5-6,11-12,24-25H2,1H3,(H,39,43)/t26-/m0/s1. The highest BCUT2D eigenvalue weighted by molar-refractivity contribution is 7.92. The molecule has 0 saturated heterocycles. The number of nitrogens with one attached hydrogen (secondary N) is 1. The minimum atomic E-state index is -4.20. The number of para-hydroxylation sites is 1. The first-order valence-electron chi connectivity index (χ1n) is 15.6. The Kier molecular flexibility index (Phi) is 11.4. The van der Waals surface area contributed by atoms with Gasteiger partial charge < -0.3 is 15.0 Å². The zero-order valence-electron chi connectivity index (χ0n) is 26.0. The molecule has 1 fully saturated rings. The van der Waals surface area contributed by atoms with Gasteiger partial charge in [-0.25, -0.2) is 8.42 Å². The van der Waals surface area contributed by atoms with Crippen LogP contribution in [0.5, 0.6) is 11.5 Å². The van der Waals surface area contributed by atoms with E-state index in [1.165, 1.54) is 17.0 Å². The van der Waals surface area contributed by atoms with Crippen molar-refractivity contribution < 1.29 is 22.7 Å². The lowest BCUT2D eigenvalue weighted by atomic mass is 9.95. The second kappa shape index (κ2) is 15.7. The van der Waals surface area contributed by atoms with Crippen LogP contribution >= 0.6 is 23.2 Å². The van der Waals surface area contributed by atoms with Crippen molar-refractivity contribution in [3.8, 4) is 11.5 Å². The number of rotatable bonds is 12. The Morgan fingerprint density at radius 2 is 1.45 bits per heavy atom. The summed E-state index contributed by atoms with van der Waals surface area (Å²) in [7, 11) is -4.20. The maximum absolute atomic E-state index is 14.3. The van der Waals surface area contributed by atoms with Crippen LogP contribution in [0, 0.1) is 0 Å². The second-order valence-electron chi connectivity index (χ2n) is 11.5. The van der Waals surface area contributed by atoms with Gasteiger partial charge in [0.2, 0.25) is 11.8 Å². The van der Waals surface area contributed by atoms with E-state index in [2.05, 4.69) is 5.32 Å². The zero-order chi connectivity index (χ0) is 33.4. The van der Waals surface area contributed by atoms with Gasteiger partial charge in [-0.2, -0.15) is 0 Å². The van der Waals surface area contributed by atoms with Gasteiger partial charge in [0.1, 0.15) is 24.1 Å². The first-order chi connectivity index (χ1) is 22.6. The maximum Gasteiger partial charge on any atom is 0.264 e. The number of ether oxygens (including phenoxy) is 1. The SMILES string of the molecule is C[C@@H](C(=O)NC1CCCCC1)N(Cc1ccc(Cl)c(Cl)c1)C(=O)CN(c1ccc(Oc2ccccc2)cc1)S(=O)(=O)c1ccccc1. The van der Waals surface area contributed by atoms with Crippen molar-refractivity contribution in [3.63, 3.8) is 0 Å². The van der Waals surface area contributed by atoms with E-state index in [9.17, 15) is 18.0 Å². The van der Waals surface area contributed by atoms with E-state index in [0.717, 1.165) is 36.4 Å². The van der Waals surface area contributed by atoms with E-state index in [1.807, 2.05) is 30.3 Å². The maximum atomic E-state index is 14.3. The number of sulfonamides is 1. The number of carbonyl (C=O) groups is 2. The van der Waals surface area contributed by atoms with E-state index in [0.29, 0.717) is 27.1 Å². The molecule has 1 atom stereocenters. The lowest BCUT2D eigenvalue weighted by molar-refractivity contribution is -0.139. The molecule has 1 saturated carbocycles. The molecule has 4 aromatic rings. The fraction of sp³-hybridized carbons (Fsp3) is 0.278. The smallest absolute Gasteiger partial charge is 0.264 e. The summed E-state index contributed by atoms with van der Waals surface area (Å²) in [5.74, 6) is 0.261. The Balaban J connectivity index is 1.46. The van der Waals surface area contributed by atoms with Gasteiger partial charge >= 0.3 is 0 Å². The Bertz CT molecular complexity index is 1770. The summed E-state index contributed by atoms with van der Waals surface area (Å²) in [4.78, 5) is 29.2. The van der Waals surface area contributed by atoms with Gasteiger partial charge in [-0.05, 0) is 86.0 Å². The van der Waals surface area contributed by atoms with Gasteiger partial charge in [0.05, 0.1) is 20.6 Å². The Labute approximate surface area is 286 Å². The van der Waals surface area contributed by atoms with Crippen LogP contribution in [0.3, 0.4) is 0 Å². The molecule has 4 aromatic carbocycles. The summed E-state index contributed by atoms with van der Waals surface area (Å²) in [5, 5.41) is 3.77. The minimum Gasteiger partial charge on any atom is -0.457 e. The molecule has 1 aliphatic rings. The van der Waals surface area contributed by atoms with Gasteiger partial charge in [-0.15, -0.1) is 0 Å². The van der Waals surface area contributed by atoms with Crippen LogP contribution in [0.15, 0.2) is 108 Å². The van der Waals surface area contributed by atoms with Gasteiger partial charge in [0.15, 0.2) is 0 Å². The van der Waals surface area contributed by atoms with Gasteiger partial charge in [-0.3, -0.25) is 13.9 Å². The van der Waals surface area contributed by atoms with E-state index in [-0.39, 0.29) is 29.1 Å². The van der Waals surface area contributed by atoms with Crippen LogP contribution in [0.2, 0.25) is 10.0 Å². The van der Waals surface area contributed by atoms with Crippen molar-refractivity contribution in [3.05, 3.63) is 119 Å². The molecule has 0 heterocycles. The number of hydrogen-bond acceptors (Lipinski definition) is 5. The van der Waals surface area contributed by atoms with Crippen LogP contribution in [0.4, 0.5) is 5.69 Å². The minimum absolute atomic E-state index is 0.0120. The fourth-order valence-corrected chi connectivity index (χ4v) is 7.30. The predicted molar refractivity (Wildman–Crippen MR) is 185 cm³/mol. The molecule has 1 N–H and O–H groups in total. The van der Waals surface area contributed by atoms with Crippen LogP contribution in [0.1, 0.15) is 44.6 Å². The highest BCUT2D eigenvalue weighted by Crippen LogP contribution is 2.29. The van der Waals surface area contributed by atoms with Crippen LogP contribution in [-0.4, -0.2) is 43.8 Å². The molecule has 11 heteroatoms. The summed E-state index contributed by atoms with van der Waals surface area (Å²) in [5.41, 5.74) is 0.904. The number of nitrogens with zero attached hydrogens (tertiary/aromatic N) is 2. The first kappa shape index (κ1) is 34.3. The molecule has 0 aromatic heterocycles. The molecule has 5 rings (SSSR count). The van der Waals surface area contributed by atoms with Crippen molar-refractivity contribution in [2.45, 2.75) is 62.6 Å². The van der Waals surface area contributed by atoms with E-state index in [1.54, 1.807) is 67.6 Å². The van der Waals surface area contributed by atoms with E-state index >= 15 is 0 Å². The van der Waals surface area contributed by atoms with Crippen molar-refractivity contribution in [1.29, 1.82) is 0 Å². The van der Waals surface area contributed by atoms with Crippen molar-refractivity contribution in [2.24, 2.45) is 0 Å². The van der Waals surface area contributed by atoms with Crippen molar-refractivity contribution >= 4 is 50.7 Å². The molecule has 246 valence electrons. The summed E-state index contributed by atoms with van der Waals surface area (Å²) >= 11 is 12.4. The molecule has 47 heavy (non-hydrogen) atoms. The Hall–Kier alpha value is -4.05. The topological polar surface area (TPSA) is 96.0 Å². The molecular weight excluding hydrogens is 657 g/mol. The average Bonchev–Trinajstić information content (AvgIpc) is 3.09. The van der Waals surface area contributed by atoms with Crippen LogP contribution in [-0.2, 0) is 26.2 Å². The monoisotopic (exact) mass is 693 g/mol. The second-order valence-corrected chi connectivity index (χ2v) is 14.2. The number of halogens is 2. The third-order valence-electron chi connectivity index (χ3n) is 8.17. The molecule has 1 aliphatic carbocycles. The third-order valence-corrected chi connectivity index (χ3v) is 10.7. The normalized spacial score (nSPS) is 14.2. The fourth-order valence-electron chi connectivity index (χ4n) is 5.54. The van der Waals surface area contributed by atoms with Crippen LogP contribution in [0.25, 0.3) is 0 Å². The summed E-state index contributed by atoms with van der Waals surface area (Å²) in [6, 6.07) is 27.7. The van der Waals surface area contributed by atoms with E-state index in [4.69, 9.17) is 27.9 Å². The number of anilines is 1. The van der Waals surface area contributed by atoms with Crippen LogP contribution < -0.4 is 14.4 Å². The number of hydrogen-bond donors (Lipinski definition) is 1. The summed E-state index contributed by atoms with van der Waals surface area (Å²) in [6.07, 6.45) is 4.97. The van der Waals surface area contributed by atoms with E-state index < -0.39 is 28.5 Å². The molecule has 8 nitrogen and oxygen atoms in total. The number of benzene rings is 4. The Morgan fingerprint density at radius 1 is 0.830 bits per heavy atom. The Morgan fingerprint density at radius 3 is 2.09 bits per heavy atom. The lowest BCUT2D eigenvalue weighted by Gasteiger charge is -2.33. The molecular formula is C36H37Cl2N3O5S. The zero-order valence-corrected chi connectivity index (χ0v) is 28.3. The molecule has 0 bridgehead atoms. The molecule has 0 unspecified atom stereocenters. The van der Waals surface area contributed by atoms with Gasteiger partial charge in [0.25, 0.3) is 10.0 Å². The van der Waals surface area contributed by atoms with Crippen molar-refractivity contribution in [2.75, 3.05) is 10.8 Å².